The Balaban J connectivity index is 2.05. The number of ether oxygens (including phenoxy) is 1. The summed E-state index contributed by atoms with van der Waals surface area (Å²) in [5.41, 5.74) is 1.80. The topological polar surface area (TPSA) is 39.9 Å². The van der Waals surface area contributed by atoms with Crippen molar-refractivity contribution in [3.63, 3.8) is 0 Å². The molecule has 0 amide bonds. The van der Waals surface area contributed by atoms with E-state index in [1.807, 2.05) is 12.1 Å². The number of hydrogen-bond acceptors (Lipinski definition) is 3. The maximum atomic E-state index is 6.03. The number of halogens is 1. The van der Waals surface area contributed by atoms with E-state index in [4.69, 9.17) is 16.3 Å². The molecule has 5 heteroatoms. The summed E-state index contributed by atoms with van der Waals surface area (Å²) in [6.07, 6.45) is 3.69. The predicted octanol–water partition coefficient (Wildman–Crippen LogP) is 3.54. The molecule has 0 spiro atoms. The highest BCUT2D eigenvalue weighted by Crippen LogP contribution is 2.48. The summed E-state index contributed by atoms with van der Waals surface area (Å²) in [7, 11) is 1.63. The standard InChI is InChI=1S/C14H18ClN3O/c1-3-4-9-7-11(9)18-12(8-15)16-10-5-6-13(19-2)17-14(10)18/h5-6,9,11H,3-4,7-8H2,1-2H3. The molecule has 3 rings (SSSR count). The van der Waals surface area contributed by atoms with Crippen LogP contribution in [0.25, 0.3) is 11.2 Å². The van der Waals surface area contributed by atoms with Crippen LogP contribution in [0.15, 0.2) is 12.1 Å². The Bertz CT molecular complexity index is 596. The number of aromatic nitrogens is 3. The maximum absolute atomic E-state index is 6.03. The van der Waals surface area contributed by atoms with Gasteiger partial charge in [0.15, 0.2) is 5.65 Å². The van der Waals surface area contributed by atoms with Crippen LogP contribution in [0.2, 0.25) is 0 Å². The van der Waals surface area contributed by atoms with Crippen LogP contribution in [-0.2, 0) is 5.88 Å². The summed E-state index contributed by atoms with van der Waals surface area (Å²) in [5, 5.41) is 0. The van der Waals surface area contributed by atoms with E-state index >= 15 is 0 Å². The first kappa shape index (κ1) is 12.7. The van der Waals surface area contributed by atoms with E-state index in [0.717, 1.165) is 22.9 Å². The van der Waals surface area contributed by atoms with Crippen molar-refractivity contribution in [2.45, 2.75) is 38.1 Å². The molecule has 0 radical (unpaired) electrons. The lowest BCUT2D eigenvalue weighted by molar-refractivity contribution is 0.399. The largest absolute Gasteiger partial charge is 0.481 e. The van der Waals surface area contributed by atoms with Crippen molar-refractivity contribution in [2.24, 2.45) is 5.92 Å². The van der Waals surface area contributed by atoms with Gasteiger partial charge in [0.05, 0.1) is 13.0 Å². The lowest BCUT2D eigenvalue weighted by atomic mass is 10.2. The summed E-state index contributed by atoms with van der Waals surface area (Å²) in [5.74, 6) is 2.72. The summed E-state index contributed by atoms with van der Waals surface area (Å²) in [6, 6.07) is 4.30. The number of imidazole rings is 1. The molecule has 2 atom stereocenters. The van der Waals surface area contributed by atoms with Gasteiger partial charge in [-0.1, -0.05) is 13.3 Å². The third-order valence-corrected chi connectivity index (χ3v) is 4.03. The molecule has 4 nitrogen and oxygen atoms in total. The predicted molar refractivity (Wildman–Crippen MR) is 75.7 cm³/mol. The summed E-state index contributed by atoms with van der Waals surface area (Å²) in [4.78, 5) is 9.11. The molecule has 2 aromatic rings. The second kappa shape index (κ2) is 5.00. The molecule has 1 saturated carbocycles. The van der Waals surface area contributed by atoms with E-state index in [2.05, 4.69) is 21.5 Å². The third-order valence-electron chi connectivity index (χ3n) is 3.79. The monoisotopic (exact) mass is 279 g/mol. The normalized spacial score (nSPS) is 21.8. The van der Waals surface area contributed by atoms with Crippen molar-refractivity contribution < 1.29 is 4.74 Å². The van der Waals surface area contributed by atoms with E-state index in [0.29, 0.717) is 17.8 Å². The molecule has 19 heavy (non-hydrogen) atoms. The first-order valence-electron chi connectivity index (χ1n) is 6.76. The number of pyridine rings is 1. The van der Waals surface area contributed by atoms with E-state index in [9.17, 15) is 0 Å². The second-order valence-electron chi connectivity index (χ2n) is 5.08. The zero-order valence-corrected chi connectivity index (χ0v) is 12.0. The average molecular weight is 280 g/mol. The Labute approximate surface area is 117 Å². The van der Waals surface area contributed by atoms with Crippen LogP contribution in [0, 0.1) is 5.92 Å². The van der Waals surface area contributed by atoms with Crippen LogP contribution in [-0.4, -0.2) is 21.6 Å². The van der Waals surface area contributed by atoms with Gasteiger partial charge in [0.1, 0.15) is 11.3 Å². The first-order chi connectivity index (χ1) is 9.28. The first-order valence-corrected chi connectivity index (χ1v) is 7.29. The third kappa shape index (κ3) is 2.18. The van der Waals surface area contributed by atoms with E-state index in [-0.39, 0.29) is 0 Å². The lowest BCUT2D eigenvalue weighted by Crippen LogP contribution is -2.03. The molecule has 0 aromatic carbocycles. The van der Waals surface area contributed by atoms with Gasteiger partial charge in [-0.25, -0.2) is 4.98 Å². The molecule has 0 aliphatic heterocycles. The zero-order chi connectivity index (χ0) is 13.4. The Morgan fingerprint density at radius 1 is 1.42 bits per heavy atom. The molecular formula is C14H18ClN3O. The fourth-order valence-corrected chi connectivity index (χ4v) is 2.98. The van der Waals surface area contributed by atoms with Crippen LogP contribution in [0.3, 0.4) is 0 Å². The van der Waals surface area contributed by atoms with Crippen molar-refractivity contribution in [1.82, 2.24) is 14.5 Å². The van der Waals surface area contributed by atoms with Gasteiger partial charge in [-0.15, -0.1) is 11.6 Å². The van der Waals surface area contributed by atoms with Gasteiger partial charge in [-0.3, -0.25) is 0 Å². The number of alkyl halides is 1. The van der Waals surface area contributed by atoms with Crippen molar-refractivity contribution in [3.05, 3.63) is 18.0 Å². The van der Waals surface area contributed by atoms with Gasteiger partial charge in [-0.2, -0.15) is 4.98 Å². The molecule has 0 saturated heterocycles. The summed E-state index contributed by atoms with van der Waals surface area (Å²) >= 11 is 6.03. The Hall–Kier alpha value is -1.29. The minimum atomic E-state index is 0.425. The smallest absolute Gasteiger partial charge is 0.215 e. The van der Waals surface area contributed by atoms with Gasteiger partial charge >= 0.3 is 0 Å². The highest BCUT2D eigenvalue weighted by molar-refractivity contribution is 6.16. The maximum Gasteiger partial charge on any atom is 0.215 e. The van der Waals surface area contributed by atoms with Crippen LogP contribution < -0.4 is 4.74 Å². The van der Waals surface area contributed by atoms with Crippen LogP contribution in [0.5, 0.6) is 5.88 Å². The second-order valence-corrected chi connectivity index (χ2v) is 5.35. The Morgan fingerprint density at radius 2 is 2.26 bits per heavy atom. The molecule has 1 aliphatic carbocycles. The molecule has 1 aliphatic rings. The summed E-state index contributed by atoms with van der Waals surface area (Å²) < 4.78 is 7.42. The molecule has 1 fully saturated rings. The quantitative estimate of drug-likeness (QED) is 0.786. The number of methoxy groups -OCH3 is 1. The molecule has 2 heterocycles. The van der Waals surface area contributed by atoms with E-state index in [1.54, 1.807) is 7.11 Å². The van der Waals surface area contributed by atoms with Crippen molar-refractivity contribution in [3.8, 4) is 5.88 Å². The fraction of sp³-hybridized carbons (Fsp3) is 0.571. The highest BCUT2D eigenvalue weighted by atomic mass is 35.5. The fourth-order valence-electron chi connectivity index (χ4n) is 2.79. The molecule has 0 bridgehead atoms. The Kier molecular flexibility index (Phi) is 3.35. The Morgan fingerprint density at radius 3 is 2.95 bits per heavy atom. The zero-order valence-electron chi connectivity index (χ0n) is 11.3. The molecule has 0 N–H and O–H groups in total. The van der Waals surface area contributed by atoms with Gasteiger partial charge < -0.3 is 9.30 Å². The van der Waals surface area contributed by atoms with Gasteiger partial charge in [0.25, 0.3) is 0 Å². The van der Waals surface area contributed by atoms with Crippen LogP contribution >= 0.6 is 11.6 Å². The average Bonchev–Trinajstić information content (AvgIpc) is 3.09. The molecular weight excluding hydrogens is 262 g/mol. The van der Waals surface area contributed by atoms with Gasteiger partial charge in [0, 0.05) is 12.1 Å². The summed E-state index contributed by atoms with van der Waals surface area (Å²) in [6.45, 7) is 2.23. The van der Waals surface area contributed by atoms with Crippen molar-refractivity contribution >= 4 is 22.8 Å². The molecule has 102 valence electrons. The highest BCUT2D eigenvalue weighted by Gasteiger charge is 2.40. The lowest BCUT2D eigenvalue weighted by Gasteiger charge is -2.07. The number of nitrogens with zero attached hydrogens (tertiary/aromatic N) is 3. The minimum Gasteiger partial charge on any atom is -0.481 e. The van der Waals surface area contributed by atoms with Crippen molar-refractivity contribution in [2.75, 3.05) is 7.11 Å². The van der Waals surface area contributed by atoms with Gasteiger partial charge in [0.2, 0.25) is 5.88 Å². The molecule has 2 unspecified atom stereocenters. The van der Waals surface area contributed by atoms with E-state index in [1.165, 1.54) is 19.3 Å². The van der Waals surface area contributed by atoms with Crippen LogP contribution in [0.4, 0.5) is 0 Å². The molecule has 2 aromatic heterocycles. The van der Waals surface area contributed by atoms with E-state index < -0.39 is 0 Å². The van der Waals surface area contributed by atoms with Crippen LogP contribution in [0.1, 0.15) is 38.1 Å². The number of rotatable bonds is 5. The SMILES string of the molecule is CCCC1CC1n1c(CCl)nc2ccc(OC)nc21. The number of hydrogen-bond donors (Lipinski definition) is 0. The van der Waals surface area contributed by atoms with Crippen molar-refractivity contribution in [1.29, 1.82) is 0 Å². The van der Waals surface area contributed by atoms with Gasteiger partial charge in [-0.05, 0) is 24.8 Å². The minimum absolute atomic E-state index is 0.425. The number of fused-ring (bicyclic) bond motifs is 1.